The number of hydrogen-bond acceptors (Lipinski definition) is 6. The summed E-state index contributed by atoms with van der Waals surface area (Å²) in [6, 6.07) is 5.41. The van der Waals surface area contributed by atoms with Gasteiger partial charge in [0.15, 0.2) is 11.5 Å². The van der Waals surface area contributed by atoms with Crippen molar-refractivity contribution in [3.63, 3.8) is 0 Å². The van der Waals surface area contributed by atoms with Crippen LogP contribution >= 0.6 is 0 Å². The third-order valence-electron chi connectivity index (χ3n) is 8.42. The number of aliphatic carboxylic acids is 1. The number of carbonyl (C=O) groups is 2. The van der Waals surface area contributed by atoms with Gasteiger partial charge in [0.05, 0.1) is 40.2 Å². The lowest BCUT2D eigenvalue weighted by molar-refractivity contribution is -0.870. The monoisotopic (exact) mass is 570 g/mol. The molecule has 1 amide bonds. The zero-order chi connectivity index (χ0) is 29.6. The maximum absolute atomic E-state index is 13.8. The molecule has 1 N–H and O–H groups in total. The molecule has 2 aromatic rings. The number of likely N-dealkylation sites (tertiary alicyclic amines) is 1. The molecule has 2 aliphatic heterocycles. The Kier molecular flexibility index (Phi) is 10.3. The average molecular weight is 571 g/mol. The van der Waals surface area contributed by atoms with Crippen LogP contribution in [-0.2, 0) is 23.1 Å². The maximum Gasteiger partial charge on any atom is 0.308 e. The fraction of sp³-hybridized carbons (Fsp3) is 0.645. The Labute approximate surface area is 244 Å². The standard InChI is InChI=1S/C31H47N5O5/c1-6-7-15-34(16-8-9-18-36(3,4)5)29(37)21-35-20-24(23-10-12-26-27(19-23)41-22-40-26)30(31(38)39)25(35)11-13-28-32-14-17-33(28)2/h10,12,14,17,19,24-25,30H,6-9,11,13,15-16,18,20-22H2,1-5H3/p+1. The van der Waals surface area contributed by atoms with Crippen LogP contribution in [0.3, 0.4) is 0 Å². The van der Waals surface area contributed by atoms with Crippen LogP contribution in [0.15, 0.2) is 30.6 Å². The van der Waals surface area contributed by atoms with E-state index in [1.165, 1.54) is 0 Å². The lowest BCUT2D eigenvalue weighted by Gasteiger charge is -2.30. The van der Waals surface area contributed by atoms with Gasteiger partial charge in [-0.3, -0.25) is 14.5 Å². The summed E-state index contributed by atoms with van der Waals surface area (Å²) < 4.78 is 14.0. The highest BCUT2D eigenvalue weighted by Gasteiger charge is 2.47. The molecule has 3 atom stereocenters. The number of benzene rings is 1. The fourth-order valence-corrected chi connectivity index (χ4v) is 6.12. The van der Waals surface area contributed by atoms with Gasteiger partial charge in [-0.2, -0.15) is 0 Å². The molecule has 3 unspecified atom stereocenters. The predicted octanol–water partition coefficient (Wildman–Crippen LogP) is 3.37. The van der Waals surface area contributed by atoms with Crippen molar-refractivity contribution < 1.29 is 28.7 Å². The Bertz CT molecular complexity index is 1180. The van der Waals surface area contributed by atoms with Gasteiger partial charge < -0.3 is 28.5 Å². The number of fused-ring (bicyclic) bond motifs is 1. The molecule has 0 radical (unpaired) electrons. The SMILES string of the molecule is CCCCN(CCCC[N+](C)(C)C)C(=O)CN1CC(c2ccc3c(c2)OCO3)C(C(=O)O)C1CCc1nccn1C. The Morgan fingerprint density at radius 2 is 1.88 bits per heavy atom. The number of ether oxygens (including phenoxy) is 2. The number of nitrogens with zero attached hydrogens (tertiary/aromatic N) is 5. The number of carboxylic acid groups (broad SMARTS) is 1. The number of carboxylic acids is 1. The molecule has 41 heavy (non-hydrogen) atoms. The fourth-order valence-electron chi connectivity index (χ4n) is 6.12. The number of aromatic nitrogens is 2. The van der Waals surface area contributed by atoms with Crippen molar-refractivity contribution in [1.29, 1.82) is 0 Å². The van der Waals surface area contributed by atoms with Crippen molar-refractivity contribution in [2.45, 2.75) is 57.4 Å². The molecule has 3 heterocycles. The second kappa shape index (κ2) is 13.7. The second-order valence-electron chi connectivity index (χ2n) is 12.5. The smallest absolute Gasteiger partial charge is 0.308 e. The lowest BCUT2D eigenvalue weighted by atomic mass is 9.83. The van der Waals surface area contributed by atoms with Gasteiger partial charge in [-0.05, 0) is 43.4 Å². The summed E-state index contributed by atoms with van der Waals surface area (Å²) in [7, 11) is 8.52. The number of quaternary nitrogens is 1. The molecule has 1 saturated heterocycles. The third kappa shape index (κ3) is 8.01. The quantitative estimate of drug-likeness (QED) is 0.259. The Balaban J connectivity index is 1.54. The van der Waals surface area contributed by atoms with E-state index in [1.807, 2.05) is 40.9 Å². The summed E-state index contributed by atoms with van der Waals surface area (Å²) in [6.45, 7) is 5.56. The van der Waals surface area contributed by atoms with Gasteiger partial charge in [-0.15, -0.1) is 0 Å². The first kappa shape index (κ1) is 30.8. The number of amides is 1. The first-order valence-corrected chi connectivity index (χ1v) is 15.0. The zero-order valence-electron chi connectivity index (χ0n) is 25.4. The van der Waals surface area contributed by atoms with E-state index in [1.54, 1.807) is 6.20 Å². The van der Waals surface area contributed by atoms with Crippen molar-refractivity contribution in [3.8, 4) is 11.5 Å². The molecule has 10 nitrogen and oxygen atoms in total. The highest BCUT2D eigenvalue weighted by atomic mass is 16.7. The van der Waals surface area contributed by atoms with E-state index >= 15 is 0 Å². The molecule has 0 spiro atoms. The van der Waals surface area contributed by atoms with Gasteiger partial charge >= 0.3 is 5.97 Å². The molecular formula is C31H48N5O5+. The van der Waals surface area contributed by atoms with Crippen LogP contribution in [0.4, 0.5) is 0 Å². The number of imidazole rings is 1. The molecule has 2 aliphatic rings. The minimum atomic E-state index is -0.837. The van der Waals surface area contributed by atoms with Crippen LogP contribution in [0.25, 0.3) is 0 Å². The van der Waals surface area contributed by atoms with Crippen LogP contribution < -0.4 is 9.47 Å². The van der Waals surface area contributed by atoms with Crippen LogP contribution in [0, 0.1) is 5.92 Å². The maximum atomic E-state index is 13.8. The highest BCUT2D eigenvalue weighted by molar-refractivity contribution is 5.79. The predicted molar refractivity (Wildman–Crippen MR) is 157 cm³/mol. The molecule has 4 rings (SSSR count). The summed E-state index contributed by atoms with van der Waals surface area (Å²) in [6.07, 6.45) is 8.91. The van der Waals surface area contributed by atoms with Gasteiger partial charge in [0.2, 0.25) is 12.7 Å². The molecule has 0 bridgehead atoms. The van der Waals surface area contributed by atoms with E-state index in [2.05, 4.69) is 38.0 Å². The first-order chi connectivity index (χ1) is 19.6. The van der Waals surface area contributed by atoms with Gasteiger partial charge in [0, 0.05) is 57.5 Å². The molecule has 1 aromatic heterocycles. The van der Waals surface area contributed by atoms with Crippen LogP contribution in [0.5, 0.6) is 11.5 Å². The first-order valence-electron chi connectivity index (χ1n) is 15.0. The number of rotatable bonds is 15. The minimum Gasteiger partial charge on any atom is -0.481 e. The van der Waals surface area contributed by atoms with Crippen LogP contribution in [-0.4, -0.2) is 108 Å². The van der Waals surface area contributed by atoms with E-state index in [0.717, 1.165) is 61.2 Å². The summed E-state index contributed by atoms with van der Waals surface area (Å²) in [4.78, 5) is 35.2. The van der Waals surface area contributed by atoms with Crippen molar-refractivity contribution in [2.75, 3.05) is 60.7 Å². The summed E-state index contributed by atoms with van der Waals surface area (Å²) in [5.74, 6) is 0.552. The van der Waals surface area contributed by atoms with Gasteiger partial charge in [-0.25, -0.2) is 4.98 Å². The molecule has 10 heteroatoms. The van der Waals surface area contributed by atoms with E-state index < -0.39 is 11.9 Å². The average Bonchev–Trinajstić information content (AvgIpc) is 3.64. The number of aryl methyl sites for hydroxylation is 2. The zero-order valence-corrected chi connectivity index (χ0v) is 25.4. The van der Waals surface area contributed by atoms with Gasteiger partial charge in [-0.1, -0.05) is 19.4 Å². The molecule has 1 fully saturated rings. The van der Waals surface area contributed by atoms with Crippen LogP contribution in [0.2, 0.25) is 0 Å². The van der Waals surface area contributed by atoms with E-state index in [-0.39, 0.29) is 31.2 Å². The Morgan fingerprint density at radius 1 is 1.12 bits per heavy atom. The molecule has 0 saturated carbocycles. The molecule has 1 aromatic carbocycles. The largest absolute Gasteiger partial charge is 0.481 e. The Morgan fingerprint density at radius 3 is 2.56 bits per heavy atom. The summed E-state index contributed by atoms with van der Waals surface area (Å²) in [5, 5.41) is 10.5. The minimum absolute atomic E-state index is 0.0844. The van der Waals surface area contributed by atoms with E-state index in [0.29, 0.717) is 30.9 Å². The lowest BCUT2D eigenvalue weighted by Crippen LogP contribution is -2.45. The molecular weight excluding hydrogens is 522 g/mol. The normalized spacial score (nSPS) is 20.5. The van der Waals surface area contributed by atoms with Crippen molar-refractivity contribution in [2.24, 2.45) is 13.0 Å². The van der Waals surface area contributed by atoms with Crippen LogP contribution in [0.1, 0.15) is 56.3 Å². The van der Waals surface area contributed by atoms with Gasteiger partial charge in [0.25, 0.3) is 0 Å². The number of unbranched alkanes of at least 4 members (excludes halogenated alkanes) is 2. The third-order valence-corrected chi connectivity index (χ3v) is 8.42. The number of hydrogen-bond donors (Lipinski definition) is 1. The topological polar surface area (TPSA) is 97.1 Å². The highest BCUT2D eigenvalue weighted by Crippen LogP contribution is 2.43. The Hall–Kier alpha value is -3.11. The van der Waals surface area contributed by atoms with E-state index in [9.17, 15) is 14.7 Å². The van der Waals surface area contributed by atoms with Gasteiger partial charge in [0.1, 0.15) is 5.82 Å². The van der Waals surface area contributed by atoms with Crippen molar-refractivity contribution in [1.82, 2.24) is 19.4 Å². The second-order valence-corrected chi connectivity index (χ2v) is 12.5. The summed E-state index contributed by atoms with van der Waals surface area (Å²) >= 11 is 0. The number of carbonyl (C=O) groups excluding carboxylic acids is 1. The van der Waals surface area contributed by atoms with Crippen molar-refractivity contribution >= 4 is 11.9 Å². The van der Waals surface area contributed by atoms with Crippen molar-refractivity contribution in [3.05, 3.63) is 42.0 Å². The molecule has 0 aliphatic carbocycles. The summed E-state index contributed by atoms with van der Waals surface area (Å²) in [5.41, 5.74) is 0.904. The molecule has 226 valence electrons. The van der Waals surface area contributed by atoms with E-state index in [4.69, 9.17) is 9.47 Å².